The maximum atomic E-state index is 12.0. The molecule has 1 rings (SSSR count). The molecule has 66 valence electrons. The lowest BCUT2D eigenvalue weighted by Crippen LogP contribution is -2.53. The first-order chi connectivity index (χ1) is 5.02. The monoisotopic (exact) mass is 169 g/mol. The van der Waals surface area contributed by atoms with Crippen molar-refractivity contribution in [3.63, 3.8) is 0 Å². The molecule has 0 saturated carbocycles. The average Bonchev–Trinajstić information content (AvgIpc) is 1.86. The van der Waals surface area contributed by atoms with E-state index < -0.39 is 18.3 Å². The van der Waals surface area contributed by atoms with E-state index in [4.69, 9.17) is 0 Å². The van der Waals surface area contributed by atoms with Gasteiger partial charge in [-0.2, -0.15) is 13.2 Å². The summed E-state index contributed by atoms with van der Waals surface area (Å²) >= 11 is 0. The van der Waals surface area contributed by atoms with Crippen molar-refractivity contribution in [1.82, 2.24) is 5.32 Å². The van der Waals surface area contributed by atoms with Crippen LogP contribution in [0.25, 0.3) is 0 Å². The zero-order chi connectivity index (χ0) is 8.48. The molecule has 0 aliphatic carbocycles. The molecule has 2 nitrogen and oxygen atoms in total. The van der Waals surface area contributed by atoms with E-state index >= 15 is 0 Å². The van der Waals surface area contributed by atoms with Gasteiger partial charge in [0, 0.05) is 12.6 Å². The predicted molar refractivity (Wildman–Crippen MR) is 33.3 cm³/mol. The Morgan fingerprint density at radius 3 is 2.45 bits per heavy atom. The largest absolute Gasteiger partial charge is 0.416 e. The van der Waals surface area contributed by atoms with Crippen molar-refractivity contribution < 1.29 is 17.9 Å². The first kappa shape index (κ1) is 8.80. The van der Waals surface area contributed by atoms with E-state index in [2.05, 4.69) is 10.1 Å². The van der Waals surface area contributed by atoms with Crippen molar-refractivity contribution in [3.8, 4) is 0 Å². The van der Waals surface area contributed by atoms with Gasteiger partial charge in [0.05, 0.1) is 6.61 Å². The number of nitrogens with one attached hydrogen (secondary N) is 1. The number of morpholine rings is 1. The second-order valence-corrected chi connectivity index (χ2v) is 2.58. The Hall–Kier alpha value is -0.290. The number of ether oxygens (including phenoxy) is 1. The van der Waals surface area contributed by atoms with Crippen molar-refractivity contribution in [2.45, 2.75) is 25.2 Å². The van der Waals surface area contributed by atoms with Gasteiger partial charge in [-0.25, -0.2) is 0 Å². The molecule has 1 aliphatic heterocycles. The lowest BCUT2D eigenvalue weighted by molar-refractivity contribution is -0.235. The van der Waals surface area contributed by atoms with Crippen LogP contribution in [0, 0.1) is 0 Å². The lowest BCUT2D eigenvalue weighted by Gasteiger charge is -2.31. The molecule has 2 atom stereocenters. The van der Waals surface area contributed by atoms with Gasteiger partial charge in [-0.1, -0.05) is 0 Å². The summed E-state index contributed by atoms with van der Waals surface area (Å²) in [5.74, 6) is 0. The number of rotatable bonds is 0. The van der Waals surface area contributed by atoms with Gasteiger partial charge in [0.1, 0.15) is 0 Å². The fraction of sp³-hybridized carbons (Fsp3) is 1.00. The van der Waals surface area contributed by atoms with Gasteiger partial charge in [0.25, 0.3) is 0 Å². The molecular weight excluding hydrogens is 159 g/mol. The topological polar surface area (TPSA) is 21.3 Å². The summed E-state index contributed by atoms with van der Waals surface area (Å²) in [7, 11) is 0. The summed E-state index contributed by atoms with van der Waals surface area (Å²) < 4.78 is 40.6. The first-order valence-corrected chi connectivity index (χ1v) is 3.43. The first-order valence-electron chi connectivity index (χ1n) is 3.43. The van der Waals surface area contributed by atoms with Crippen LogP contribution in [0.5, 0.6) is 0 Å². The Balaban J connectivity index is 2.55. The zero-order valence-electron chi connectivity index (χ0n) is 6.11. The van der Waals surface area contributed by atoms with Crippen molar-refractivity contribution in [2.75, 3.05) is 13.2 Å². The average molecular weight is 169 g/mol. The minimum Gasteiger partial charge on any atom is -0.366 e. The molecule has 0 aromatic carbocycles. The summed E-state index contributed by atoms with van der Waals surface area (Å²) in [4.78, 5) is 0. The van der Waals surface area contributed by atoms with Crippen LogP contribution in [-0.4, -0.2) is 31.5 Å². The van der Waals surface area contributed by atoms with E-state index in [9.17, 15) is 13.2 Å². The van der Waals surface area contributed by atoms with Gasteiger partial charge in [-0.05, 0) is 6.92 Å². The normalized spacial score (nSPS) is 33.8. The third-order valence-corrected chi connectivity index (χ3v) is 1.64. The summed E-state index contributed by atoms with van der Waals surface area (Å²) in [5.41, 5.74) is 0. The van der Waals surface area contributed by atoms with Gasteiger partial charge in [-0.15, -0.1) is 0 Å². The fourth-order valence-corrected chi connectivity index (χ4v) is 1.10. The minimum atomic E-state index is -4.24. The Bertz CT molecular complexity index is 136. The highest BCUT2D eigenvalue weighted by atomic mass is 19.4. The summed E-state index contributed by atoms with van der Waals surface area (Å²) in [6, 6.07) is -0.635. The third kappa shape index (κ3) is 2.07. The second-order valence-electron chi connectivity index (χ2n) is 2.58. The molecule has 1 N–H and O–H groups in total. The SMILES string of the molecule is C[C@@H]1NCCO[C@@H]1C(F)(F)F. The van der Waals surface area contributed by atoms with E-state index in [0.29, 0.717) is 6.54 Å². The van der Waals surface area contributed by atoms with Crippen LogP contribution in [-0.2, 0) is 4.74 Å². The van der Waals surface area contributed by atoms with Crippen LogP contribution in [0.4, 0.5) is 13.2 Å². The van der Waals surface area contributed by atoms with E-state index in [-0.39, 0.29) is 6.61 Å². The van der Waals surface area contributed by atoms with Crippen molar-refractivity contribution >= 4 is 0 Å². The van der Waals surface area contributed by atoms with Gasteiger partial charge in [0.2, 0.25) is 0 Å². The molecule has 0 bridgehead atoms. The van der Waals surface area contributed by atoms with Crippen LogP contribution < -0.4 is 5.32 Å². The van der Waals surface area contributed by atoms with Crippen LogP contribution in [0.1, 0.15) is 6.92 Å². The Morgan fingerprint density at radius 1 is 1.45 bits per heavy atom. The lowest BCUT2D eigenvalue weighted by atomic mass is 10.1. The molecular formula is C6H10F3NO. The number of hydrogen-bond acceptors (Lipinski definition) is 2. The standard InChI is InChI=1S/C6H10F3NO/c1-4-5(6(7,8)9)11-3-2-10-4/h4-5,10H,2-3H2,1H3/t4-,5-/m0/s1. The summed E-state index contributed by atoms with van der Waals surface area (Å²) in [6.45, 7) is 2.10. The number of halogens is 3. The van der Waals surface area contributed by atoms with Crippen LogP contribution in [0.3, 0.4) is 0 Å². The minimum absolute atomic E-state index is 0.133. The smallest absolute Gasteiger partial charge is 0.366 e. The quantitative estimate of drug-likeness (QED) is 0.582. The zero-order valence-corrected chi connectivity index (χ0v) is 6.11. The van der Waals surface area contributed by atoms with E-state index in [1.54, 1.807) is 0 Å². The van der Waals surface area contributed by atoms with E-state index in [1.165, 1.54) is 6.92 Å². The maximum Gasteiger partial charge on any atom is 0.416 e. The Morgan fingerprint density at radius 2 is 2.09 bits per heavy atom. The Kier molecular flexibility index (Phi) is 2.39. The van der Waals surface area contributed by atoms with E-state index in [0.717, 1.165) is 0 Å². The molecule has 0 unspecified atom stereocenters. The molecule has 5 heteroatoms. The Labute approximate surface area is 62.7 Å². The molecule has 1 fully saturated rings. The molecule has 0 radical (unpaired) electrons. The van der Waals surface area contributed by atoms with Crippen LogP contribution in [0.2, 0.25) is 0 Å². The number of hydrogen-bond donors (Lipinski definition) is 1. The van der Waals surface area contributed by atoms with Crippen molar-refractivity contribution in [3.05, 3.63) is 0 Å². The number of alkyl halides is 3. The fourth-order valence-electron chi connectivity index (χ4n) is 1.10. The molecule has 11 heavy (non-hydrogen) atoms. The second kappa shape index (κ2) is 2.98. The van der Waals surface area contributed by atoms with E-state index in [1.807, 2.05) is 0 Å². The van der Waals surface area contributed by atoms with Gasteiger partial charge >= 0.3 is 6.18 Å². The predicted octanol–water partition coefficient (Wildman–Crippen LogP) is 0.926. The molecule has 1 aliphatic rings. The van der Waals surface area contributed by atoms with Crippen molar-refractivity contribution in [2.24, 2.45) is 0 Å². The molecule has 0 aromatic heterocycles. The van der Waals surface area contributed by atoms with Gasteiger partial charge in [-0.3, -0.25) is 0 Å². The third-order valence-electron chi connectivity index (χ3n) is 1.64. The van der Waals surface area contributed by atoms with Crippen LogP contribution in [0.15, 0.2) is 0 Å². The molecule has 0 amide bonds. The summed E-state index contributed by atoms with van der Waals surface area (Å²) in [5, 5.41) is 2.69. The van der Waals surface area contributed by atoms with Crippen molar-refractivity contribution in [1.29, 1.82) is 0 Å². The van der Waals surface area contributed by atoms with Crippen LogP contribution >= 0.6 is 0 Å². The maximum absolute atomic E-state index is 12.0. The highest BCUT2D eigenvalue weighted by Crippen LogP contribution is 2.26. The molecule has 0 aromatic rings. The summed E-state index contributed by atoms with van der Waals surface area (Å²) in [6.07, 6.45) is -5.89. The molecule has 1 heterocycles. The highest BCUT2D eigenvalue weighted by molar-refractivity contribution is 4.82. The van der Waals surface area contributed by atoms with Gasteiger partial charge < -0.3 is 10.1 Å². The molecule has 1 saturated heterocycles. The molecule has 0 spiro atoms. The highest BCUT2D eigenvalue weighted by Gasteiger charge is 2.45. The van der Waals surface area contributed by atoms with Gasteiger partial charge in [0.15, 0.2) is 6.10 Å².